The van der Waals surface area contributed by atoms with Gasteiger partial charge in [-0.15, -0.1) is 0 Å². The van der Waals surface area contributed by atoms with Crippen molar-refractivity contribution in [1.82, 2.24) is 0 Å². The quantitative estimate of drug-likeness (QED) is 0.816. The smallest absolute Gasteiger partial charge is 0.210 e. The van der Waals surface area contributed by atoms with E-state index < -0.39 is 9.84 Å². The molecule has 0 aliphatic rings. The van der Waals surface area contributed by atoms with E-state index in [0.29, 0.717) is 5.56 Å². The van der Waals surface area contributed by atoms with E-state index in [4.69, 9.17) is 0 Å². The molecule has 4 nitrogen and oxygen atoms in total. The average molecular weight is 264 g/mol. The van der Waals surface area contributed by atoms with Crippen LogP contribution < -0.4 is 0 Å². The van der Waals surface area contributed by atoms with Crippen LogP contribution in [0.15, 0.2) is 52.3 Å². The van der Waals surface area contributed by atoms with Gasteiger partial charge in [-0.2, -0.15) is 0 Å². The summed E-state index contributed by atoms with van der Waals surface area (Å²) in [5.74, 6) is -0.587. The third kappa shape index (κ3) is 2.04. The molecule has 0 aliphatic carbocycles. The fraction of sp³-hybridized carbons (Fsp3) is 0.0769. The van der Waals surface area contributed by atoms with Gasteiger partial charge in [0.1, 0.15) is 16.4 Å². The number of sulfone groups is 1. The number of benzene rings is 2. The molecule has 2 rings (SSSR count). The van der Waals surface area contributed by atoms with E-state index in [2.05, 4.69) is 0 Å². The average Bonchev–Trinajstić information content (AvgIpc) is 2.32. The molecule has 0 aromatic heterocycles. The molecule has 2 aromatic rings. The van der Waals surface area contributed by atoms with E-state index in [0.717, 1.165) is 12.1 Å². The van der Waals surface area contributed by atoms with Gasteiger partial charge in [0.2, 0.25) is 9.84 Å². The lowest BCUT2D eigenvalue weighted by atomic mass is 10.2. The molecule has 0 fully saturated rings. The Hall–Kier alpha value is -2.01. The van der Waals surface area contributed by atoms with Crippen molar-refractivity contribution in [3.63, 3.8) is 0 Å². The number of phenolic OH excluding ortho intramolecular Hbond substituents is 2. The topological polar surface area (TPSA) is 74.6 Å². The fourth-order valence-electron chi connectivity index (χ4n) is 1.69. The summed E-state index contributed by atoms with van der Waals surface area (Å²) >= 11 is 0. The molecule has 2 N–H and O–H groups in total. The largest absolute Gasteiger partial charge is 0.508 e. The molecule has 18 heavy (non-hydrogen) atoms. The fourth-order valence-corrected chi connectivity index (χ4v) is 3.30. The van der Waals surface area contributed by atoms with Crippen LogP contribution in [0.5, 0.6) is 11.5 Å². The van der Waals surface area contributed by atoms with E-state index in [1.165, 1.54) is 12.1 Å². The Morgan fingerprint density at radius 2 is 1.61 bits per heavy atom. The van der Waals surface area contributed by atoms with Gasteiger partial charge in [0.15, 0.2) is 0 Å². The summed E-state index contributed by atoms with van der Waals surface area (Å²) in [6, 6.07) is 9.90. The molecule has 0 saturated carbocycles. The molecule has 0 spiro atoms. The number of phenols is 2. The Morgan fingerprint density at radius 3 is 2.28 bits per heavy atom. The van der Waals surface area contributed by atoms with Crippen molar-refractivity contribution in [2.24, 2.45) is 0 Å². The Bertz CT molecular complexity index is 690. The summed E-state index contributed by atoms with van der Waals surface area (Å²) in [5, 5.41) is 19.0. The minimum Gasteiger partial charge on any atom is -0.508 e. The first kappa shape index (κ1) is 12.4. The summed E-state index contributed by atoms with van der Waals surface area (Å²) in [6.07, 6.45) is 0. The summed E-state index contributed by atoms with van der Waals surface area (Å²) in [5.41, 5.74) is 0.584. The maximum absolute atomic E-state index is 12.4. The van der Waals surface area contributed by atoms with Crippen molar-refractivity contribution >= 4 is 9.84 Å². The van der Waals surface area contributed by atoms with Crippen molar-refractivity contribution in [1.29, 1.82) is 0 Å². The molecule has 0 bridgehead atoms. The third-order valence-electron chi connectivity index (χ3n) is 2.62. The van der Waals surface area contributed by atoms with E-state index in [1.807, 2.05) is 0 Å². The van der Waals surface area contributed by atoms with Gasteiger partial charge in [-0.1, -0.05) is 18.2 Å². The molecule has 2 aromatic carbocycles. The van der Waals surface area contributed by atoms with Crippen LogP contribution in [0.4, 0.5) is 0 Å². The molecule has 0 amide bonds. The van der Waals surface area contributed by atoms with Crippen molar-refractivity contribution in [2.75, 3.05) is 0 Å². The number of rotatable bonds is 2. The van der Waals surface area contributed by atoms with Crippen LogP contribution in [0.2, 0.25) is 0 Å². The molecule has 94 valence electrons. The van der Waals surface area contributed by atoms with Crippen LogP contribution in [0.1, 0.15) is 5.56 Å². The highest BCUT2D eigenvalue weighted by Gasteiger charge is 2.23. The third-order valence-corrected chi connectivity index (χ3v) is 4.56. The van der Waals surface area contributed by atoms with Crippen LogP contribution in [0, 0.1) is 6.92 Å². The second kappa shape index (κ2) is 4.34. The molecule has 5 heteroatoms. The zero-order chi connectivity index (χ0) is 13.3. The van der Waals surface area contributed by atoms with Gasteiger partial charge in [0, 0.05) is 6.07 Å². The first-order valence-electron chi connectivity index (χ1n) is 5.25. The minimum atomic E-state index is -3.83. The maximum atomic E-state index is 12.4. The summed E-state index contributed by atoms with van der Waals surface area (Å²) in [4.78, 5) is -0.178. The Morgan fingerprint density at radius 1 is 0.944 bits per heavy atom. The zero-order valence-corrected chi connectivity index (χ0v) is 10.5. The molecular weight excluding hydrogens is 252 g/mol. The van der Waals surface area contributed by atoms with Crippen LogP contribution in [0.25, 0.3) is 0 Å². The van der Waals surface area contributed by atoms with Gasteiger partial charge in [-0.3, -0.25) is 0 Å². The number of aromatic hydroxyl groups is 2. The maximum Gasteiger partial charge on any atom is 0.210 e. The number of hydrogen-bond donors (Lipinski definition) is 2. The summed E-state index contributed by atoms with van der Waals surface area (Å²) < 4.78 is 24.7. The molecule has 0 radical (unpaired) electrons. The van der Waals surface area contributed by atoms with Crippen molar-refractivity contribution < 1.29 is 18.6 Å². The monoisotopic (exact) mass is 264 g/mol. The van der Waals surface area contributed by atoms with Crippen molar-refractivity contribution in [2.45, 2.75) is 16.7 Å². The van der Waals surface area contributed by atoms with E-state index in [9.17, 15) is 18.6 Å². The van der Waals surface area contributed by atoms with Gasteiger partial charge in [-0.05, 0) is 30.7 Å². The van der Waals surface area contributed by atoms with Gasteiger partial charge >= 0.3 is 0 Å². The summed E-state index contributed by atoms with van der Waals surface area (Å²) in [6.45, 7) is 1.67. The van der Waals surface area contributed by atoms with Crippen LogP contribution >= 0.6 is 0 Å². The lowest BCUT2D eigenvalue weighted by Gasteiger charge is -2.09. The lowest BCUT2D eigenvalue weighted by Crippen LogP contribution is -2.04. The molecule has 0 atom stereocenters. The molecule has 0 heterocycles. The SMILES string of the molecule is Cc1ccccc1S(=O)(=O)c1cc(O)ccc1O. The van der Waals surface area contributed by atoms with Gasteiger partial charge < -0.3 is 10.2 Å². The Kier molecular flexibility index (Phi) is 3.00. The number of hydrogen-bond acceptors (Lipinski definition) is 4. The molecule has 0 saturated heterocycles. The first-order valence-corrected chi connectivity index (χ1v) is 6.74. The highest BCUT2D eigenvalue weighted by Crippen LogP contribution is 2.32. The Labute approximate surface area is 105 Å². The molecule has 0 aliphatic heterocycles. The zero-order valence-electron chi connectivity index (χ0n) is 9.66. The predicted octanol–water partition coefficient (Wildman–Crippen LogP) is 2.24. The van der Waals surface area contributed by atoms with Gasteiger partial charge in [0.25, 0.3) is 0 Å². The molecular formula is C13H12O4S. The van der Waals surface area contributed by atoms with Crippen LogP contribution in [0.3, 0.4) is 0 Å². The van der Waals surface area contributed by atoms with Crippen molar-refractivity contribution in [3.05, 3.63) is 48.0 Å². The van der Waals surface area contributed by atoms with Crippen LogP contribution in [-0.4, -0.2) is 18.6 Å². The van der Waals surface area contributed by atoms with Crippen molar-refractivity contribution in [3.8, 4) is 11.5 Å². The predicted molar refractivity (Wildman–Crippen MR) is 66.4 cm³/mol. The standard InChI is InChI=1S/C13H12O4S/c1-9-4-2-3-5-12(9)18(16,17)13-8-10(14)6-7-11(13)15/h2-8,14-15H,1H3. The van der Waals surface area contributed by atoms with E-state index >= 15 is 0 Å². The van der Waals surface area contributed by atoms with Crippen LogP contribution in [-0.2, 0) is 9.84 Å². The lowest BCUT2D eigenvalue weighted by molar-refractivity contribution is 0.445. The molecule has 0 unspecified atom stereocenters. The van der Waals surface area contributed by atoms with E-state index in [-0.39, 0.29) is 21.3 Å². The second-order valence-electron chi connectivity index (χ2n) is 3.92. The normalized spacial score (nSPS) is 11.4. The second-order valence-corrected chi connectivity index (χ2v) is 5.81. The van der Waals surface area contributed by atoms with Gasteiger partial charge in [-0.25, -0.2) is 8.42 Å². The van der Waals surface area contributed by atoms with Gasteiger partial charge in [0.05, 0.1) is 4.90 Å². The summed E-state index contributed by atoms with van der Waals surface area (Å²) in [7, 11) is -3.83. The Balaban J connectivity index is 2.70. The van der Waals surface area contributed by atoms with E-state index in [1.54, 1.807) is 25.1 Å². The first-order chi connectivity index (χ1) is 8.43. The number of aryl methyl sites for hydroxylation is 1. The highest BCUT2D eigenvalue weighted by atomic mass is 32.2. The minimum absolute atomic E-state index is 0.117. The highest BCUT2D eigenvalue weighted by molar-refractivity contribution is 7.91.